The summed E-state index contributed by atoms with van der Waals surface area (Å²) in [6.45, 7) is 6.86. The van der Waals surface area contributed by atoms with Gasteiger partial charge in [0.15, 0.2) is 0 Å². The van der Waals surface area contributed by atoms with Crippen molar-refractivity contribution in [2.24, 2.45) is 12.5 Å². The fourth-order valence-corrected chi connectivity index (χ4v) is 4.60. The fourth-order valence-electron chi connectivity index (χ4n) is 4.42. The number of aryl methyl sites for hydroxylation is 1. The van der Waals surface area contributed by atoms with Crippen LogP contribution in [-0.2, 0) is 11.8 Å². The molecule has 1 aliphatic heterocycles. The lowest BCUT2D eigenvalue weighted by Gasteiger charge is -2.51. The number of anilines is 2. The quantitative estimate of drug-likeness (QED) is 0.641. The lowest BCUT2D eigenvalue weighted by atomic mass is 9.69. The average molecular weight is 490 g/mol. The zero-order chi connectivity index (χ0) is 24.8. The predicted octanol–water partition coefficient (Wildman–Crippen LogP) is 4.85. The molecule has 10 heteroatoms. The van der Waals surface area contributed by atoms with E-state index in [-0.39, 0.29) is 27.9 Å². The minimum absolute atomic E-state index is 0.0218. The first-order chi connectivity index (χ1) is 15.9. The van der Waals surface area contributed by atoms with E-state index in [9.17, 15) is 14.0 Å². The lowest BCUT2D eigenvalue weighted by Crippen LogP contribution is -2.59. The van der Waals surface area contributed by atoms with E-state index in [2.05, 4.69) is 16.5 Å². The van der Waals surface area contributed by atoms with Gasteiger partial charge in [0.1, 0.15) is 28.5 Å². The number of halogens is 2. The van der Waals surface area contributed by atoms with Crippen LogP contribution in [0.2, 0.25) is 5.02 Å². The Hall–Kier alpha value is -3.07. The van der Waals surface area contributed by atoms with Gasteiger partial charge in [0.05, 0.1) is 5.02 Å². The summed E-state index contributed by atoms with van der Waals surface area (Å²) in [7, 11) is 1.68. The highest BCUT2D eigenvalue weighted by atomic mass is 35.5. The number of allylic oxidation sites excluding steroid dienone is 2. The molecule has 2 amide bonds. The third kappa shape index (κ3) is 4.75. The van der Waals surface area contributed by atoms with Crippen LogP contribution in [0, 0.1) is 11.2 Å². The smallest absolute Gasteiger partial charge is 0.410 e. The number of aromatic nitrogens is 2. The van der Waals surface area contributed by atoms with Gasteiger partial charge in [-0.05, 0) is 63.8 Å². The van der Waals surface area contributed by atoms with Crippen LogP contribution in [0.3, 0.4) is 0 Å². The van der Waals surface area contributed by atoms with E-state index in [1.165, 1.54) is 22.9 Å². The summed E-state index contributed by atoms with van der Waals surface area (Å²) in [4.78, 5) is 27.1. The molecule has 1 spiro atoms. The van der Waals surface area contributed by atoms with Crippen LogP contribution >= 0.6 is 11.6 Å². The highest BCUT2D eigenvalue weighted by Gasteiger charge is 2.47. The minimum Gasteiger partial charge on any atom is -0.444 e. The van der Waals surface area contributed by atoms with E-state index >= 15 is 0 Å². The Bertz CT molecular complexity index is 1180. The van der Waals surface area contributed by atoms with E-state index in [4.69, 9.17) is 22.1 Å². The Kier molecular flexibility index (Phi) is 6.10. The maximum atomic E-state index is 13.5. The third-order valence-corrected chi connectivity index (χ3v) is 6.50. The van der Waals surface area contributed by atoms with Gasteiger partial charge in [0.2, 0.25) is 0 Å². The van der Waals surface area contributed by atoms with Crippen molar-refractivity contribution in [3.8, 4) is 0 Å². The molecule has 34 heavy (non-hydrogen) atoms. The number of hydrogen-bond acceptors (Lipinski definition) is 5. The number of nitrogens with two attached hydrogens (primary N) is 1. The number of carbonyl (C=O) groups is 2. The zero-order valence-corrected chi connectivity index (χ0v) is 20.5. The molecular weight excluding hydrogens is 461 g/mol. The molecule has 0 unspecified atom stereocenters. The molecule has 2 heterocycles. The SMILES string of the molecule is Cn1nc(C2=CCC3(CC2)CN(C(=O)OC(C)(C)C)C3)c(C(=O)Nc2ccc(F)c(Cl)c2)c1N. The average Bonchev–Trinajstić information content (AvgIpc) is 3.02. The van der Waals surface area contributed by atoms with Gasteiger partial charge in [0, 0.05) is 31.2 Å². The molecule has 1 aliphatic carbocycles. The van der Waals surface area contributed by atoms with Gasteiger partial charge in [-0.1, -0.05) is 17.7 Å². The van der Waals surface area contributed by atoms with Crippen molar-refractivity contribution < 1.29 is 18.7 Å². The Morgan fingerprint density at radius 1 is 1.29 bits per heavy atom. The van der Waals surface area contributed by atoms with Crippen molar-refractivity contribution in [2.75, 3.05) is 24.1 Å². The number of nitrogens with zero attached hydrogens (tertiary/aromatic N) is 3. The maximum absolute atomic E-state index is 13.5. The molecule has 182 valence electrons. The van der Waals surface area contributed by atoms with E-state index in [0.29, 0.717) is 30.9 Å². The van der Waals surface area contributed by atoms with Crippen LogP contribution in [0.25, 0.3) is 5.57 Å². The molecule has 1 fully saturated rings. The molecule has 1 aromatic carbocycles. The van der Waals surface area contributed by atoms with Gasteiger partial charge in [0.25, 0.3) is 5.91 Å². The summed E-state index contributed by atoms with van der Waals surface area (Å²) in [6, 6.07) is 3.97. The number of benzene rings is 1. The van der Waals surface area contributed by atoms with Gasteiger partial charge in [-0.3, -0.25) is 9.48 Å². The summed E-state index contributed by atoms with van der Waals surface area (Å²) in [5, 5.41) is 7.14. The van der Waals surface area contributed by atoms with Crippen molar-refractivity contribution >= 4 is 40.7 Å². The number of carbonyl (C=O) groups excluding carboxylic acids is 2. The summed E-state index contributed by atoms with van der Waals surface area (Å²) in [5.41, 5.74) is 7.79. The van der Waals surface area contributed by atoms with Crippen LogP contribution in [0.1, 0.15) is 56.1 Å². The molecule has 4 rings (SSSR count). The monoisotopic (exact) mass is 489 g/mol. The van der Waals surface area contributed by atoms with Crippen molar-refractivity contribution in [3.63, 3.8) is 0 Å². The topological polar surface area (TPSA) is 102 Å². The lowest BCUT2D eigenvalue weighted by molar-refractivity contribution is -0.0372. The van der Waals surface area contributed by atoms with Crippen LogP contribution in [0.5, 0.6) is 0 Å². The minimum atomic E-state index is -0.566. The number of nitrogens with one attached hydrogen (secondary N) is 1. The second kappa shape index (κ2) is 8.61. The van der Waals surface area contributed by atoms with Crippen LogP contribution in [0.4, 0.5) is 20.7 Å². The van der Waals surface area contributed by atoms with Crippen LogP contribution in [-0.4, -0.2) is 45.4 Å². The second-order valence-electron chi connectivity index (χ2n) is 10.1. The summed E-state index contributed by atoms with van der Waals surface area (Å²) < 4.78 is 20.4. The van der Waals surface area contributed by atoms with E-state index in [0.717, 1.165) is 18.4 Å². The number of rotatable bonds is 3. The number of ether oxygens (including phenoxy) is 1. The number of amides is 2. The van der Waals surface area contributed by atoms with Gasteiger partial charge < -0.3 is 20.7 Å². The van der Waals surface area contributed by atoms with Crippen molar-refractivity contribution in [3.05, 3.63) is 46.4 Å². The van der Waals surface area contributed by atoms with Crippen LogP contribution < -0.4 is 11.1 Å². The molecule has 0 saturated carbocycles. The third-order valence-electron chi connectivity index (χ3n) is 6.21. The predicted molar refractivity (Wildman–Crippen MR) is 129 cm³/mol. The first-order valence-corrected chi connectivity index (χ1v) is 11.5. The van der Waals surface area contributed by atoms with E-state index < -0.39 is 17.3 Å². The standard InChI is InChI=1S/C24H29ClFN5O3/c1-23(2,3)34-22(33)31-12-24(13-31)9-7-14(8-10-24)19-18(20(27)30(4)29-19)21(32)28-15-5-6-17(26)16(25)11-15/h5-7,11H,8-10,12-13,27H2,1-4H3,(H,28,32). The molecule has 0 atom stereocenters. The Morgan fingerprint density at radius 3 is 2.59 bits per heavy atom. The van der Waals surface area contributed by atoms with Gasteiger partial charge in [-0.2, -0.15) is 5.10 Å². The number of likely N-dealkylation sites (tertiary alicyclic amines) is 1. The molecule has 8 nitrogen and oxygen atoms in total. The molecule has 1 saturated heterocycles. The first-order valence-electron chi connectivity index (χ1n) is 11.1. The molecule has 2 aliphatic rings. The molecule has 0 bridgehead atoms. The normalized spacial score (nSPS) is 17.2. The molecule has 3 N–H and O–H groups in total. The fraction of sp³-hybridized carbons (Fsp3) is 0.458. The molecular formula is C24H29ClFN5O3. The number of hydrogen-bond donors (Lipinski definition) is 2. The Labute approximate surface area is 202 Å². The van der Waals surface area contributed by atoms with E-state index in [1.807, 2.05) is 20.8 Å². The number of nitrogen functional groups attached to an aromatic ring is 1. The highest BCUT2D eigenvalue weighted by Crippen LogP contribution is 2.46. The van der Waals surface area contributed by atoms with Crippen molar-refractivity contribution in [2.45, 2.75) is 45.6 Å². The Morgan fingerprint density at radius 2 is 2.00 bits per heavy atom. The largest absolute Gasteiger partial charge is 0.444 e. The zero-order valence-electron chi connectivity index (χ0n) is 19.7. The summed E-state index contributed by atoms with van der Waals surface area (Å²) in [6.07, 6.45) is 4.14. The maximum Gasteiger partial charge on any atom is 0.410 e. The van der Waals surface area contributed by atoms with Gasteiger partial charge in [-0.25, -0.2) is 9.18 Å². The molecule has 2 aromatic rings. The summed E-state index contributed by atoms with van der Waals surface area (Å²) >= 11 is 5.83. The van der Waals surface area contributed by atoms with Crippen molar-refractivity contribution in [1.82, 2.24) is 14.7 Å². The first kappa shape index (κ1) is 24.1. The van der Waals surface area contributed by atoms with E-state index in [1.54, 1.807) is 11.9 Å². The molecule has 1 aromatic heterocycles. The Balaban J connectivity index is 1.48. The van der Waals surface area contributed by atoms with Crippen molar-refractivity contribution in [1.29, 1.82) is 0 Å². The highest BCUT2D eigenvalue weighted by molar-refractivity contribution is 6.31. The van der Waals surface area contributed by atoms with Gasteiger partial charge >= 0.3 is 6.09 Å². The van der Waals surface area contributed by atoms with Crippen LogP contribution in [0.15, 0.2) is 24.3 Å². The van der Waals surface area contributed by atoms with Gasteiger partial charge in [-0.15, -0.1) is 0 Å². The second-order valence-corrected chi connectivity index (χ2v) is 10.5. The summed E-state index contributed by atoms with van der Waals surface area (Å²) in [5.74, 6) is -0.769. The molecule has 0 radical (unpaired) electrons.